The molecule has 0 aromatic heterocycles. The van der Waals surface area contributed by atoms with Crippen LogP contribution in [0.25, 0.3) is 0 Å². The summed E-state index contributed by atoms with van der Waals surface area (Å²) >= 11 is 0. The number of aryl methyl sites for hydroxylation is 1. The topological polar surface area (TPSA) is 69.6 Å². The lowest BCUT2D eigenvalue weighted by Crippen LogP contribution is -2.38. The monoisotopic (exact) mass is 264 g/mol. The van der Waals surface area contributed by atoms with Crippen molar-refractivity contribution in [3.8, 4) is 0 Å². The van der Waals surface area contributed by atoms with Crippen molar-refractivity contribution in [3.05, 3.63) is 35.4 Å². The summed E-state index contributed by atoms with van der Waals surface area (Å²) in [7, 11) is 3.65. The second-order valence-corrected chi connectivity index (χ2v) is 4.66. The molecule has 0 aliphatic carbocycles. The van der Waals surface area contributed by atoms with Crippen molar-refractivity contribution in [2.24, 2.45) is 0 Å². The number of amides is 1. The van der Waals surface area contributed by atoms with Gasteiger partial charge in [-0.2, -0.15) is 0 Å². The summed E-state index contributed by atoms with van der Waals surface area (Å²) in [5.74, 6) is -1.10. The Kier molecular flexibility index (Phi) is 5.51. The number of carboxylic acids is 1. The van der Waals surface area contributed by atoms with Gasteiger partial charge in [0.2, 0.25) is 5.91 Å². The first-order valence-electron chi connectivity index (χ1n) is 6.15. The van der Waals surface area contributed by atoms with Crippen molar-refractivity contribution in [1.82, 2.24) is 10.2 Å². The third-order valence-electron chi connectivity index (χ3n) is 2.89. The van der Waals surface area contributed by atoms with E-state index < -0.39 is 12.0 Å². The molecule has 1 rings (SSSR count). The van der Waals surface area contributed by atoms with Crippen molar-refractivity contribution < 1.29 is 14.7 Å². The van der Waals surface area contributed by atoms with Gasteiger partial charge in [-0.05, 0) is 32.1 Å². The molecule has 2 N–H and O–H groups in total. The zero-order valence-corrected chi connectivity index (χ0v) is 11.5. The summed E-state index contributed by atoms with van der Waals surface area (Å²) in [4.78, 5) is 24.4. The van der Waals surface area contributed by atoms with Gasteiger partial charge in [0.1, 0.15) is 6.04 Å². The molecule has 19 heavy (non-hydrogen) atoms. The van der Waals surface area contributed by atoms with Crippen LogP contribution in [-0.4, -0.2) is 42.5 Å². The van der Waals surface area contributed by atoms with Crippen molar-refractivity contribution in [3.63, 3.8) is 0 Å². The van der Waals surface area contributed by atoms with E-state index in [1.807, 2.05) is 50.2 Å². The smallest absolute Gasteiger partial charge is 0.305 e. The van der Waals surface area contributed by atoms with Crippen LogP contribution in [0.15, 0.2) is 24.3 Å². The van der Waals surface area contributed by atoms with E-state index in [-0.39, 0.29) is 18.9 Å². The molecule has 0 aliphatic rings. The Morgan fingerprint density at radius 2 is 1.95 bits per heavy atom. The normalized spacial score (nSPS) is 12.2. The summed E-state index contributed by atoms with van der Waals surface area (Å²) in [6.45, 7) is 2.10. The van der Waals surface area contributed by atoms with Crippen LogP contribution in [0.3, 0.4) is 0 Å². The van der Waals surface area contributed by atoms with E-state index in [4.69, 9.17) is 5.11 Å². The van der Waals surface area contributed by atoms with Crippen LogP contribution >= 0.6 is 0 Å². The molecule has 5 nitrogen and oxygen atoms in total. The Balaban J connectivity index is 2.81. The van der Waals surface area contributed by atoms with Gasteiger partial charge in [-0.15, -0.1) is 0 Å². The average Bonchev–Trinajstić information content (AvgIpc) is 2.31. The lowest BCUT2D eigenvalue weighted by Gasteiger charge is -2.25. The number of nitrogens with zero attached hydrogens (tertiary/aromatic N) is 1. The highest BCUT2D eigenvalue weighted by molar-refractivity contribution is 5.83. The van der Waals surface area contributed by atoms with E-state index in [1.165, 1.54) is 0 Å². The van der Waals surface area contributed by atoms with Crippen LogP contribution in [0.1, 0.15) is 23.6 Å². The second kappa shape index (κ2) is 6.89. The lowest BCUT2D eigenvalue weighted by molar-refractivity contribution is -0.137. The van der Waals surface area contributed by atoms with Crippen LogP contribution in [0.5, 0.6) is 0 Å². The van der Waals surface area contributed by atoms with E-state index in [2.05, 4.69) is 5.32 Å². The van der Waals surface area contributed by atoms with E-state index in [1.54, 1.807) is 0 Å². The van der Waals surface area contributed by atoms with Crippen molar-refractivity contribution >= 4 is 11.9 Å². The van der Waals surface area contributed by atoms with Gasteiger partial charge in [0.25, 0.3) is 0 Å². The number of rotatable bonds is 6. The minimum absolute atomic E-state index is 0.0698. The number of nitrogens with one attached hydrogen (secondary N) is 1. The minimum atomic E-state index is -0.919. The molecule has 104 valence electrons. The van der Waals surface area contributed by atoms with Crippen LogP contribution in [0.2, 0.25) is 0 Å². The summed E-state index contributed by atoms with van der Waals surface area (Å²) in [6.07, 6.45) is -0.0698. The lowest BCUT2D eigenvalue weighted by atomic mass is 10.00. The minimum Gasteiger partial charge on any atom is -0.481 e. The van der Waals surface area contributed by atoms with Gasteiger partial charge in [0.05, 0.1) is 6.42 Å². The maximum Gasteiger partial charge on any atom is 0.305 e. The first kappa shape index (κ1) is 15.2. The molecule has 0 bridgehead atoms. The molecular weight excluding hydrogens is 244 g/mol. The Hall–Kier alpha value is -1.88. The number of hydrogen-bond donors (Lipinski definition) is 2. The van der Waals surface area contributed by atoms with Gasteiger partial charge in [-0.25, -0.2) is 0 Å². The van der Waals surface area contributed by atoms with Crippen LogP contribution in [-0.2, 0) is 9.59 Å². The molecule has 1 atom stereocenters. The Morgan fingerprint density at radius 1 is 1.32 bits per heavy atom. The first-order valence-corrected chi connectivity index (χ1v) is 6.15. The number of hydrogen-bond acceptors (Lipinski definition) is 3. The average molecular weight is 264 g/mol. The molecule has 1 aromatic carbocycles. The zero-order valence-electron chi connectivity index (χ0n) is 11.5. The van der Waals surface area contributed by atoms with Crippen LogP contribution in [0.4, 0.5) is 0 Å². The summed E-state index contributed by atoms with van der Waals surface area (Å²) in [5.41, 5.74) is 1.97. The Labute approximate surface area is 113 Å². The molecule has 0 unspecified atom stereocenters. The molecule has 0 heterocycles. The van der Waals surface area contributed by atoms with Crippen molar-refractivity contribution in [2.75, 3.05) is 20.6 Å². The molecule has 0 spiro atoms. The highest BCUT2D eigenvalue weighted by atomic mass is 16.4. The van der Waals surface area contributed by atoms with E-state index in [0.29, 0.717) is 0 Å². The molecule has 0 radical (unpaired) electrons. The van der Waals surface area contributed by atoms with Gasteiger partial charge in [0.15, 0.2) is 0 Å². The summed E-state index contributed by atoms with van der Waals surface area (Å²) in [5, 5.41) is 11.2. The predicted octanol–water partition coefficient (Wildman–Crippen LogP) is 1.19. The number of carbonyl (C=O) groups is 2. The fourth-order valence-corrected chi connectivity index (χ4v) is 1.94. The van der Waals surface area contributed by atoms with Gasteiger partial charge in [-0.1, -0.05) is 24.3 Å². The van der Waals surface area contributed by atoms with Gasteiger partial charge in [-0.3, -0.25) is 14.5 Å². The zero-order chi connectivity index (χ0) is 14.4. The van der Waals surface area contributed by atoms with Crippen molar-refractivity contribution in [1.29, 1.82) is 0 Å². The number of likely N-dealkylation sites (N-methyl/N-ethyl adjacent to an activating group) is 1. The molecular formula is C14H20N2O3. The molecule has 1 amide bonds. The molecule has 0 saturated carbocycles. The van der Waals surface area contributed by atoms with Crippen LogP contribution in [0, 0.1) is 6.92 Å². The number of aliphatic carboxylic acids is 1. The van der Waals surface area contributed by atoms with E-state index >= 15 is 0 Å². The number of carbonyl (C=O) groups excluding carboxylic acids is 1. The Bertz CT molecular complexity index is 458. The molecule has 5 heteroatoms. The summed E-state index contributed by atoms with van der Waals surface area (Å²) in [6, 6.07) is 7.28. The molecule has 1 aromatic rings. The van der Waals surface area contributed by atoms with Crippen LogP contribution < -0.4 is 5.32 Å². The fraction of sp³-hybridized carbons (Fsp3) is 0.429. The van der Waals surface area contributed by atoms with Gasteiger partial charge >= 0.3 is 5.97 Å². The maximum absolute atomic E-state index is 12.2. The highest BCUT2D eigenvalue weighted by Gasteiger charge is 2.23. The first-order chi connectivity index (χ1) is 8.93. The third kappa shape index (κ3) is 4.37. The molecule has 0 aliphatic heterocycles. The number of carboxylic acid groups (broad SMARTS) is 1. The SMILES string of the molecule is Cc1ccccc1[C@@H](C(=O)NCCC(=O)O)N(C)C. The van der Waals surface area contributed by atoms with E-state index in [9.17, 15) is 9.59 Å². The largest absolute Gasteiger partial charge is 0.481 e. The molecule has 0 fully saturated rings. The highest BCUT2D eigenvalue weighted by Crippen LogP contribution is 2.21. The van der Waals surface area contributed by atoms with Gasteiger partial charge in [0, 0.05) is 6.54 Å². The van der Waals surface area contributed by atoms with E-state index in [0.717, 1.165) is 11.1 Å². The number of benzene rings is 1. The summed E-state index contributed by atoms with van der Waals surface area (Å²) < 4.78 is 0. The second-order valence-electron chi connectivity index (χ2n) is 4.66. The molecule has 0 saturated heterocycles. The third-order valence-corrected chi connectivity index (χ3v) is 2.89. The predicted molar refractivity (Wildman–Crippen MR) is 72.9 cm³/mol. The maximum atomic E-state index is 12.2. The van der Waals surface area contributed by atoms with Crippen molar-refractivity contribution in [2.45, 2.75) is 19.4 Å². The quantitative estimate of drug-likeness (QED) is 0.809. The fourth-order valence-electron chi connectivity index (χ4n) is 1.94. The Morgan fingerprint density at radius 3 is 2.47 bits per heavy atom. The van der Waals surface area contributed by atoms with Gasteiger partial charge < -0.3 is 10.4 Å². The standard InChI is InChI=1S/C14H20N2O3/c1-10-6-4-5-7-11(10)13(16(2)3)14(19)15-9-8-12(17)18/h4-7,13H,8-9H2,1-3H3,(H,15,19)(H,17,18)/t13-/m0/s1.